The van der Waals surface area contributed by atoms with Crippen LogP contribution in [0.2, 0.25) is 5.02 Å². The smallest absolute Gasteiger partial charge is 0.127 e. The Morgan fingerprint density at radius 3 is 2.80 bits per heavy atom. The summed E-state index contributed by atoms with van der Waals surface area (Å²) in [6.45, 7) is 0.356. The third kappa shape index (κ3) is 2.51. The molecular weight excluding hydrogens is 277 g/mol. The molecule has 0 spiro atoms. The Labute approximate surface area is 122 Å². The van der Waals surface area contributed by atoms with Crippen molar-refractivity contribution in [2.24, 2.45) is 5.73 Å². The number of para-hydroxylation sites is 1. The highest BCUT2D eigenvalue weighted by Crippen LogP contribution is 2.32. The third-order valence-corrected chi connectivity index (χ3v) is 3.97. The number of fused-ring (bicyclic) bond motifs is 1. The molecule has 2 aromatic carbocycles. The van der Waals surface area contributed by atoms with Gasteiger partial charge in [0.1, 0.15) is 18.2 Å². The Bertz CT molecular complexity index is 626. The summed E-state index contributed by atoms with van der Waals surface area (Å²) < 4.78 is 19.6. The average molecular weight is 292 g/mol. The summed E-state index contributed by atoms with van der Waals surface area (Å²) in [6, 6.07) is 12.5. The van der Waals surface area contributed by atoms with Crippen LogP contribution in [0.1, 0.15) is 11.1 Å². The number of rotatable bonds is 2. The highest BCUT2D eigenvalue weighted by molar-refractivity contribution is 6.31. The standard InChI is InChI=1S/C16H15ClFNO/c17-13-5-3-6-14(18)12(13)9-16(19)8-11-4-1-2-7-15(11)20-10-16/h1-7H,8-10,19H2. The lowest BCUT2D eigenvalue weighted by molar-refractivity contribution is 0.189. The largest absolute Gasteiger partial charge is 0.491 e. The molecule has 0 bridgehead atoms. The summed E-state index contributed by atoms with van der Waals surface area (Å²) >= 11 is 6.07. The minimum Gasteiger partial charge on any atom is -0.491 e. The van der Waals surface area contributed by atoms with Gasteiger partial charge < -0.3 is 10.5 Å². The van der Waals surface area contributed by atoms with E-state index in [0.717, 1.165) is 11.3 Å². The Morgan fingerprint density at radius 2 is 2.00 bits per heavy atom. The van der Waals surface area contributed by atoms with Crippen LogP contribution in [0.4, 0.5) is 4.39 Å². The molecule has 2 aromatic rings. The minimum absolute atomic E-state index is 0.318. The first-order valence-corrected chi connectivity index (χ1v) is 6.88. The average Bonchev–Trinajstić information content (AvgIpc) is 2.43. The number of hydrogen-bond acceptors (Lipinski definition) is 2. The van der Waals surface area contributed by atoms with Gasteiger partial charge in [0, 0.05) is 10.6 Å². The Hall–Kier alpha value is -1.58. The monoisotopic (exact) mass is 291 g/mol. The summed E-state index contributed by atoms with van der Waals surface area (Å²) in [7, 11) is 0. The van der Waals surface area contributed by atoms with Crippen molar-refractivity contribution in [2.75, 3.05) is 6.61 Å². The van der Waals surface area contributed by atoms with Crippen molar-refractivity contribution >= 4 is 11.6 Å². The van der Waals surface area contributed by atoms with Gasteiger partial charge in [-0.05, 0) is 36.6 Å². The van der Waals surface area contributed by atoms with Gasteiger partial charge >= 0.3 is 0 Å². The van der Waals surface area contributed by atoms with E-state index in [4.69, 9.17) is 22.1 Å². The van der Waals surface area contributed by atoms with Gasteiger partial charge in [-0.2, -0.15) is 0 Å². The molecule has 1 aliphatic rings. The van der Waals surface area contributed by atoms with Crippen LogP contribution in [-0.4, -0.2) is 12.1 Å². The fourth-order valence-corrected chi connectivity index (χ4v) is 2.84. The quantitative estimate of drug-likeness (QED) is 0.921. The van der Waals surface area contributed by atoms with Crippen LogP contribution in [0, 0.1) is 5.82 Å². The topological polar surface area (TPSA) is 35.2 Å². The zero-order valence-electron chi connectivity index (χ0n) is 10.9. The van der Waals surface area contributed by atoms with E-state index in [2.05, 4.69) is 0 Å². The first-order chi connectivity index (χ1) is 9.57. The van der Waals surface area contributed by atoms with Crippen LogP contribution in [-0.2, 0) is 12.8 Å². The van der Waals surface area contributed by atoms with E-state index in [0.29, 0.717) is 30.0 Å². The molecule has 1 heterocycles. The molecule has 0 saturated carbocycles. The summed E-state index contributed by atoms with van der Waals surface area (Å²) in [5, 5.41) is 0.411. The van der Waals surface area contributed by atoms with Gasteiger partial charge in [0.15, 0.2) is 0 Å². The van der Waals surface area contributed by atoms with E-state index >= 15 is 0 Å². The molecule has 104 valence electrons. The molecule has 2 nitrogen and oxygen atoms in total. The van der Waals surface area contributed by atoms with Crippen molar-refractivity contribution in [2.45, 2.75) is 18.4 Å². The number of halogens is 2. The van der Waals surface area contributed by atoms with Crippen LogP contribution >= 0.6 is 11.6 Å². The van der Waals surface area contributed by atoms with Crippen LogP contribution in [0.15, 0.2) is 42.5 Å². The van der Waals surface area contributed by atoms with Gasteiger partial charge in [-0.15, -0.1) is 0 Å². The van der Waals surface area contributed by atoms with E-state index in [-0.39, 0.29) is 5.82 Å². The highest BCUT2D eigenvalue weighted by Gasteiger charge is 2.33. The normalized spacial score (nSPS) is 21.1. The first kappa shape index (κ1) is 13.4. The number of hydrogen-bond donors (Lipinski definition) is 1. The molecule has 20 heavy (non-hydrogen) atoms. The summed E-state index contributed by atoms with van der Waals surface area (Å²) in [5.41, 5.74) is 7.26. The number of benzene rings is 2. The van der Waals surface area contributed by atoms with Crippen LogP contribution < -0.4 is 10.5 Å². The molecule has 0 aromatic heterocycles. The molecule has 1 aliphatic heterocycles. The Kier molecular flexibility index (Phi) is 3.40. The van der Waals surface area contributed by atoms with Crippen LogP contribution in [0.5, 0.6) is 5.75 Å². The lowest BCUT2D eigenvalue weighted by Crippen LogP contribution is -2.52. The van der Waals surface area contributed by atoms with Gasteiger partial charge in [0.2, 0.25) is 0 Å². The SMILES string of the molecule is NC1(Cc2c(F)cccc2Cl)COc2ccccc2C1. The molecule has 4 heteroatoms. The highest BCUT2D eigenvalue weighted by atomic mass is 35.5. The van der Waals surface area contributed by atoms with Crippen molar-refractivity contribution in [1.82, 2.24) is 0 Å². The summed E-state index contributed by atoms with van der Waals surface area (Å²) in [6.07, 6.45) is 1.00. The molecule has 2 N–H and O–H groups in total. The molecule has 1 unspecified atom stereocenters. The van der Waals surface area contributed by atoms with E-state index in [1.54, 1.807) is 12.1 Å². The third-order valence-electron chi connectivity index (χ3n) is 3.62. The molecule has 3 rings (SSSR count). The van der Waals surface area contributed by atoms with E-state index < -0.39 is 5.54 Å². The van der Waals surface area contributed by atoms with Crippen molar-refractivity contribution in [3.63, 3.8) is 0 Å². The van der Waals surface area contributed by atoms with Crippen LogP contribution in [0.25, 0.3) is 0 Å². The second-order valence-corrected chi connectivity index (χ2v) is 5.72. The van der Waals surface area contributed by atoms with Crippen molar-refractivity contribution in [1.29, 1.82) is 0 Å². The maximum atomic E-state index is 13.9. The van der Waals surface area contributed by atoms with Crippen molar-refractivity contribution in [3.8, 4) is 5.75 Å². The predicted molar refractivity (Wildman–Crippen MR) is 77.7 cm³/mol. The van der Waals surface area contributed by atoms with Crippen molar-refractivity contribution < 1.29 is 9.13 Å². The molecule has 0 fully saturated rings. The first-order valence-electron chi connectivity index (χ1n) is 6.50. The fraction of sp³-hybridized carbons (Fsp3) is 0.250. The molecule has 0 radical (unpaired) electrons. The lowest BCUT2D eigenvalue weighted by atomic mass is 9.84. The maximum Gasteiger partial charge on any atom is 0.127 e. The van der Waals surface area contributed by atoms with Gasteiger partial charge in [-0.25, -0.2) is 4.39 Å². The fourth-order valence-electron chi connectivity index (χ4n) is 2.61. The van der Waals surface area contributed by atoms with E-state index in [1.807, 2.05) is 24.3 Å². The predicted octanol–water partition coefficient (Wildman–Crippen LogP) is 3.35. The van der Waals surface area contributed by atoms with E-state index in [9.17, 15) is 4.39 Å². The number of nitrogens with two attached hydrogens (primary N) is 1. The molecule has 1 atom stereocenters. The van der Waals surface area contributed by atoms with Gasteiger partial charge in [0.25, 0.3) is 0 Å². The summed E-state index contributed by atoms with van der Waals surface area (Å²) in [4.78, 5) is 0. The second-order valence-electron chi connectivity index (χ2n) is 5.31. The lowest BCUT2D eigenvalue weighted by Gasteiger charge is -2.35. The van der Waals surface area contributed by atoms with Gasteiger partial charge in [-0.3, -0.25) is 0 Å². The zero-order valence-corrected chi connectivity index (χ0v) is 11.7. The Morgan fingerprint density at radius 1 is 1.20 bits per heavy atom. The van der Waals surface area contributed by atoms with Crippen LogP contribution in [0.3, 0.4) is 0 Å². The Balaban J connectivity index is 1.88. The van der Waals surface area contributed by atoms with Gasteiger partial charge in [-0.1, -0.05) is 35.9 Å². The maximum absolute atomic E-state index is 13.9. The molecule has 0 aliphatic carbocycles. The van der Waals surface area contributed by atoms with E-state index in [1.165, 1.54) is 6.07 Å². The molecule has 0 saturated heterocycles. The van der Waals surface area contributed by atoms with Crippen molar-refractivity contribution in [3.05, 3.63) is 64.4 Å². The minimum atomic E-state index is -0.639. The zero-order chi connectivity index (χ0) is 14.2. The summed E-state index contributed by atoms with van der Waals surface area (Å²) in [5.74, 6) is 0.536. The number of ether oxygens (including phenoxy) is 1. The van der Waals surface area contributed by atoms with Gasteiger partial charge in [0.05, 0.1) is 5.54 Å². The molecular formula is C16H15ClFNO. The molecule has 0 amide bonds. The second kappa shape index (κ2) is 5.08.